The summed E-state index contributed by atoms with van der Waals surface area (Å²) in [6.07, 6.45) is 0. The minimum Gasteiger partial charge on any atom is -0.507 e. The van der Waals surface area contributed by atoms with Gasteiger partial charge in [0.15, 0.2) is 0 Å². The van der Waals surface area contributed by atoms with E-state index in [4.69, 9.17) is 14.6 Å². The van der Waals surface area contributed by atoms with E-state index in [1.165, 1.54) is 30.2 Å². The Kier molecular flexibility index (Phi) is 7.18. The number of amides is 1. The molecule has 1 aliphatic rings. The van der Waals surface area contributed by atoms with Crippen molar-refractivity contribution in [1.29, 1.82) is 0 Å². The molecule has 2 N–H and O–H groups in total. The van der Waals surface area contributed by atoms with Crippen LogP contribution in [0.15, 0.2) is 54.1 Å². The number of nitro benzene ring substituents is 1. The van der Waals surface area contributed by atoms with Crippen LogP contribution >= 0.6 is 0 Å². The molecule has 32 heavy (non-hydrogen) atoms. The van der Waals surface area contributed by atoms with E-state index in [-0.39, 0.29) is 43.2 Å². The monoisotopic (exact) mass is 442 g/mol. The molecule has 0 aliphatic carbocycles. The number of hydrogen-bond donors (Lipinski definition) is 2. The molecule has 10 heteroatoms. The van der Waals surface area contributed by atoms with Crippen LogP contribution in [-0.2, 0) is 14.3 Å². The average Bonchev–Trinajstić information content (AvgIpc) is 3.06. The summed E-state index contributed by atoms with van der Waals surface area (Å²) >= 11 is 0. The number of carbonyl (C=O) groups excluding carboxylic acids is 2. The van der Waals surface area contributed by atoms with E-state index in [1.807, 2.05) is 0 Å². The first-order valence-corrected chi connectivity index (χ1v) is 9.74. The van der Waals surface area contributed by atoms with Gasteiger partial charge in [0, 0.05) is 24.2 Å². The fraction of sp³-hybridized carbons (Fsp3) is 0.273. The molecule has 2 aromatic carbocycles. The smallest absolute Gasteiger partial charge is 0.295 e. The quantitative estimate of drug-likeness (QED) is 0.150. The van der Waals surface area contributed by atoms with Crippen molar-refractivity contribution in [1.82, 2.24) is 4.90 Å². The fourth-order valence-electron chi connectivity index (χ4n) is 3.52. The predicted molar refractivity (Wildman–Crippen MR) is 113 cm³/mol. The molecule has 0 aromatic heterocycles. The third-order valence-electron chi connectivity index (χ3n) is 4.99. The van der Waals surface area contributed by atoms with Gasteiger partial charge in [0.05, 0.1) is 43.5 Å². The van der Waals surface area contributed by atoms with E-state index in [1.54, 1.807) is 24.3 Å². The topological polar surface area (TPSA) is 139 Å². The molecule has 2 aromatic rings. The van der Waals surface area contributed by atoms with E-state index in [9.17, 15) is 24.8 Å². The van der Waals surface area contributed by atoms with Crippen molar-refractivity contribution in [2.45, 2.75) is 6.04 Å². The van der Waals surface area contributed by atoms with Crippen molar-refractivity contribution in [2.75, 3.05) is 33.5 Å². The van der Waals surface area contributed by atoms with Gasteiger partial charge in [-0.3, -0.25) is 19.7 Å². The Morgan fingerprint density at radius 2 is 1.91 bits per heavy atom. The van der Waals surface area contributed by atoms with Gasteiger partial charge in [0.2, 0.25) is 0 Å². The maximum atomic E-state index is 12.9. The molecule has 10 nitrogen and oxygen atoms in total. The number of benzene rings is 2. The van der Waals surface area contributed by atoms with Crippen LogP contribution in [0.2, 0.25) is 0 Å². The molecule has 0 unspecified atom stereocenters. The lowest BCUT2D eigenvalue weighted by molar-refractivity contribution is -0.384. The van der Waals surface area contributed by atoms with E-state index >= 15 is 0 Å². The SMILES string of the molecule is COc1cccc([C@H]2C(=C(O)c3cccc([N+](=O)[O-])c3)C(=O)C(=O)N2CCOCCO)c1. The molecule has 1 fully saturated rings. The molecular weight excluding hydrogens is 420 g/mol. The second kappa shape index (κ2) is 10.0. The molecule has 1 aliphatic heterocycles. The highest BCUT2D eigenvalue weighted by Gasteiger charge is 2.46. The first-order valence-electron chi connectivity index (χ1n) is 9.74. The second-order valence-corrected chi connectivity index (χ2v) is 6.91. The van der Waals surface area contributed by atoms with E-state index in [0.717, 1.165) is 6.07 Å². The van der Waals surface area contributed by atoms with Gasteiger partial charge in [0.1, 0.15) is 11.5 Å². The minimum atomic E-state index is -0.956. The minimum absolute atomic E-state index is 0.0260. The molecule has 3 rings (SSSR count). The maximum Gasteiger partial charge on any atom is 0.295 e. The summed E-state index contributed by atoms with van der Waals surface area (Å²) in [6, 6.07) is 10.9. The lowest BCUT2D eigenvalue weighted by Crippen LogP contribution is -2.33. The Labute approximate surface area is 183 Å². The van der Waals surface area contributed by atoms with Crippen LogP contribution in [0.4, 0.5) is 5.69 Å². The Bertz CT molecular complexity index is 1070. The molecule has 1 atom stereocenters. The van der Waals surface area contributed by atoms with Gasteiger partial charge in [-0.05, 0) is 17.7 Å². The van der Waals surface area contributed by atoms with Crippen molar-refractivity contribution in [3.8, 4) is 5.75 Å². The van der Waals surface area contributed by atoms with Crippen LogP contribution in [0.3, 0.4) is 0 Å². The van der Waals surface area contributed by atoms with Crippen molar-refractivity contribution in [3.05, 3.63) is 75.3 Å². The highest BCUT2D eigenvalue weighted by atomic mass is 16.6. The summed E-state index contributed by atoms with van der Waals surface area (Å²) in [5, 5.41) is 31.0. The van der Waals surface area contributed by atoms with Gasteiger partial charge in [-0.15, -0.1) is 0 Å². The van der Waals surface area contributed by atoms with Crippen molar-refractivity contribution in [2.24, 2.45) is 0 Å². The zero-order valence-electron chi connectivity index (χ0n) is 17.3. The normalized spacial score (nSPS) is 17.6. The molecule has 1 saturated heterocycles. The van der Waals surface area contributed by atoms with Crippen molar-refractivity contribution >= 4 is 23.1 Å². The third-order valence-corrected chi connectivity index (χ3v) is 4.99. The summed E-state index contributed by atoms with van der Waals surface area (Å²) in [4.78, 5) is 37.5. The predicted octanol–water partition coefficient (Wildman–Crippen LogP) is 2.03. The van der Waals surface area contributed by atoms with Gasteiger partial charge in [-0.25, -0.2) is 0 Å². The first kappa shape index (κ1) is 22.9. The van der Waals surface area contributed by atoms with Crippen LogP contribution in [0.5, 0.6) is 5.75 Å². The highest BCUT2D eigenvalue weighted by molar-refractivity contribution is 6.46. The summed E-state index contributed by atoms with van der Waals surface area (Å²) in [6.45, 7) is -0.0323. The number of nitro groups is 1. The average molecular weight is 442 g/mol. The Morgan fingerprint density at radius 1 is 1.16 bits per heavy atom. The number of aliphatic hydroxyl groups excluding tert-OH is 2. The molecular formula is C22H22N2O8. The number of ether oxygens (including phenoxy) is 2. The molecule has 0 saturated carbocycles. The number of non-ortho nitro benzene ring substituents is 1. The Balaban J connectivity index is 2.11. The summed E-state index contributed by atoms with van der Waals surface area (Å²) in [5.74, 6) is -1.78. The number of nitrogens with zero attached hydrogens (tertiary/aromatic N) is 2. The zero-order valence-corrected chi connectivity index (χ0v) is 17.3. The lowest BCUT2D eigenvalue weighted by atomic mass is 9.95. The zero-order chi connectivity index (χ0) is 23.3. The van der Waals surface area contributed by atoms with Gasteiger partial charge >= 0.3 is 0 Å². The van der Waals surface area contributed by atoms with E-state index < -0.39 is 28.4 Å². The molecule has 0 radical (unpaired) electrons. The number of hydrogen-bond acceptors (Lipinski definition) is 8. The van der Waals surface area contributed by atoms with E-state index in [0.29, 0.717) is 11.3 Å². The van der Waals surface area contributed by atoms with E-state index in [2.05, 4.69) is 0 Å². The highest BCUT2D eigenvalue weighted by Crippen LogP contribution is 2.40. The molecule has 0 bridgehead atoms. The van der Waals surface area contributed by atoms with Crippen LogP contribution < -0.4 is 4.74 Å². The fourth-order valence-corrected chi connectivity index (χ4v) is 3.52. The number of methoxy groups -OCH3 is 1. The van der Waals surface area contributed by atoms with Crippen LogP contribution in [-0.4, -0.2) is 65.2 Å². The molecule has 1 amide bonds. The third kappa shape index (κ3) is 4.61. The maximum absolute atomic E-state index is 12.9. The number of likely N-dealkylation sites (tertiary alicyclic amines) is 1. The van der Waals surface area contributed by atoms with Crippen LogP contribution in [0, 0.1) is 10.1 Å². The summed E-state index contributed by atoms with van der Waals surface area (Å²) < 4.78 is 10.5. The molecule has 168 valence electrons. The largest absolute Gasteiger partial charge is 0.507 e. The van der Waals surface area contributed by atoms with Crippen LogP contribution in [0.1, 0.15) is 17.2 Å². The van der Waals surface area contributed by atoms with Crippen molar-refractivity contribution < 1.29 is 34.2 Å². The summed E-state index contributed by atoms with van der Waals surface area (Å²) in [7, 11) is 1.47. The summed E-state index contributed by atoms with van der Waals surface area (Å²) in [5.41, 5.74) is 0.101. The lowest BCUT2D eigenvalue weighted by Gasteiger charge is -2.25. The van der Waals surface area contributed by atoms with Gasteiger partial charge in [0.25, 0.3) is 17.4 Å². The Morgan fingerprint density at radius 3 is 2.59 bits per heavy atom. The number of carbonyl (C=O) groups is 2. The number of rotatable bonds is 9. The molecule has 0 spiro atoms. The Hall–Kier alpha value is -3.76. The standard InChI is InChI=1S/C22H22N2O8/c1-31-17-7-3-4-14(13-17)19-18(20(26)15-5-2-6-16(12-15)24(29)30)21(27)22(28)23(19)8-10-32-11-9-25/h2-7,12-13,19,25-26H,8-11H2,1H3/t19-/m0/s1. The number of Topliss-reactive ketones (excluding diaryl/α,β-unsaturated/α-hetero) is 1. The van der Waals surface area contributed by atoms with Crippen molar-refractivity contribution in [3.63, 3.8) is 0 Å². The number of ketones is 1. The van der Waals surface area contributed by atoms with Gasteiger partial charge in [-0.2, -0.15) is 0 Å². The van der Waals surface area contributed by atoms with Crippen LogP contribution in [0.25, 0.3) is 5.76 Å². The van der Waals surface area contributed by atoms with Gasteiger partial charge < -0.3 is 24.6 Å². The molecule has 1 heterocycles. The van der Waals surface area contributed by atoms with Gasteiger partial charge in [-0.1, -0.05) is 24.3 Å². The first-order chi connectivity index (χ1) is 15.4. The second-order valence-electron chi connectivity index (χ2n) is 6.91. The number of aliphatic hydroxyl groups is 2.